The summed E-state index contributed by atoms with van der Waals surface area (Å²) in [6, 6.07) is 18.7. The predicted molar refractivity (Wildman–Crippen MR) is 114 cm³/mol. The van der Waals surface area contributed by atoms with Gasteiger partial charge in [0, 0.05) is 11.9 Å². The second kappa shape index (κ2) is 7.19. The van der Waals surface area contributed by atoms with E-state index in [9.17, 15) is 5.26 Å². The average Bonchev–Trinajstić information content (AvgIpc) is 3.37. The summed E-state index contributed by atoms with van der Waals surface area (Å²) in [4.78, 5) is 11.4. The quantitative estimate of drug-likeness (QED) is 0.582. The van der Waals surface area contributed by atoms with Crippen LogP contribution in [0.2, 0.25) is 0 Å². The molecule has 0 amide bonds. The van der Waals surface area contributed by atoms with Crippen LogP contribution in [0.25, 0.3) is 21.9 Å². The standard InChI is InChI=1S/C23H22N6/c24-13-20-27-21-22(18-8-1-2-9-19(18)26-23(21)25)29(20)15-17-7-5-6-16(12-17)14-28-10-3-4-11-28/h1-2,5-9,12H,3-4,10-11,14-15H2,(H2,25,26). The summed E-state index contributed by atoms with van der Waals surface area (Å²) in [6.45, 7) is 3.89. The number of imidazole rings is 1. The fourth-order valence-corrected chi connectivity index (χ4v) is 4.31. The van der Waals surface area contributed by atoms with Crippen molar-refractivity contribution in [2.75, 3.05) is 18.8 Å². The fraction of sp³-hybridized carbons (Fsp3) is 0.261. The predicted octanol–water partition coefficient (Wildman–Crippen LogP) is 3.68. The Labute approximate surface area is 169 Å². The Kier molecular flexibility index (Phi) is 4.38. The highest BCUT2D eigenvalue weighted by molar-refractivity contribution is 6.06. The smallest absolute Gasteiger partial charge is 0.214 e. The third kappa shape index (κ3) is 3.20. The zero-order chi connectivity index (χ0) is 19.8. The van der Waals surface area contributed by atoms with E-state index in [1.54, 1.807) is 0 Å². The van der Waals surface area contributed by atoms with Crippen LogP contribution in [-0.2, 0) is 13.1 Å². The highest BCUT2D eigenvalue weighted by Crippen LogP contribution is 2.29. The van der Waals surface area contributed by atoms with E-state index in [1.807, 2.05) is 28.8 Å². The summed E-state index contributed by atoms with van der Waals surface area (Å²) in [5.74, 6) is 0.714. The molecule has 1 aliphatic rings. The monoisotopic (exact) mass is 382 g/mol. The molecular weight excluding hydrogens is 360 g/mol. The maximum absolute atomic E-state index is 9.70. The SMILES string of the molecule is N#Cc1nc2c(N)nc3ccccc3c2n1Cc1cccc(CN2CCCC2)c1. The topological polar surface area (TPSA) is 83.8 Å². The zero-order valence-electron chi connectivity index (χ0n) is 16.2. The molecule has 0 unspecified atom stereocenters. The lowest BCUT2D eigenvalue weighted by molar-refractivity contribution is 0.331. The van der Waals surface area contributed by atoms with E-state index in [-0.39, 0.29) is 0 Å². The van der Waals surface area contributed by atoms with Crippen LogP contribution in [0.15, 0.2) is 48.5 Å². The molecule has 1 fully saturated rings. The number of likely N-dealkylation sites (tertiary alicyclic amines) is 1. The molecule has 144 valence electrons. The van der Waals surface area contributed by atoms with Gasteiger partial charge in [-0.3, -0.25) is 4.90 Å². The van der Waals surface area contributed by atoms with Crippen LogP contribution in [0, 0.1) is 11.3 Å². The average molecular weight is 382 g/mol. The van der Waals surface area contributed by atoms with Gasteiger partial charge in [0.25, 0.3) is 0 Å². The molecule has 2 aromatic heterocycles. The third-order valence-electron chi connectivity index (χ3n) is 5.65. The number of hydrogen-bond donors (Lipinski definition) is 1. The summed E-state index contributed by atoms with van der Waals surface area (Å²) in [5.41, 5.74) is 10.9. The maximum atomic E-state index is 9.70. The van der Waals surface area contributed by atoms with Gasteiger partial charge in [-0.15, -0.1) is 0 Å². The number of fused-ring (bicyclic) bond motifs is 3. The van der Waals surface area contributed by atoms with Crippen LogP contribution < -0.4 is 5.73 Å². The van der Waals surface area contributed by atoms with E-state index >= 15 is 0 Å². The van der Waals surface area contributed by atoms with Gasteiger partial charge in [-0.25, -0.2) is 9.97 Å². The number of hydrogen-bond acceptors (Lipinski definition) is 5. The lowest BCUT2D eigenvalue weighted by Crippen LogP contribution is -2.18. The normalized spacial score (nSPS) is 14.6. The molecular formula is C23H22N6. The van der Waals surface area contributed by atoms with Crippen LogP contribution in [0.5, 0.6) is 0 Å². The number of para-hydroxylation sites is 1. The molecule has 0 spiro atoms. The zero-order valence-corrected chi connectivity index (χ0v) is 16.2. The first-order valence-corrected chi connectivity index (χ1v) is 9.97. The lowest BCUT2D eigenvalue weighted by atomic mass is 10.1. The lowest BCUT2D eigenvalue weighted by Gasteiger charge is -2.15. The molecule has 1 aliphatic heterocycles. The molecule has 0 saturated carbocycles. The first-order chi connectivity index (χ1) is 14.2. The molecule has 6 nitrogen and oxygen atoms in total. The fourth-order valence-electron chi connectivity index (χ4n) is 4.31. The second-order valence-electron chi connectivity index (χ2n) is 7.65. The highest BCUT2D eigenvalue weighted by atomic mass is 15.1. The van der Waals surface area contributed by atoms with Crippen molar-refractivity contribution >= 4 is 27.8 Å². The molecule has 3 heterocycles. The van der Waals surface area contributed by atoms with Crippen molar-refractivity contribution in [2.24, 2.45) is 0 Å². The van der Waals surface area contributed by atoms with Crippen molar-refractivity contribution in [1.82, 2.24) is 19.4 Å². The molecule has 2 aromatic carbocycles. The van der Waals surface area contributed by atoms with Crippen LogP contribution in [-0.4, -0.2) is 32.5 Å². The maximum Gasteiger partial charge on any atom is 0.214 e. The number of rotatable bonds is 4. The number of anilines is 1. The van der Waals surface area contributed by atoms with Crippen molar-refractivity contribution in [3.8, 4) is 6.07 Å². The Morgan fingerprint density at radius 1 is 0.966 bits per heavy atom. The molecule has 2 N–H and O–H groups in total. The summed E-state index contributed by atoms with van der Waals surface area (Å²) in [7, 11) is 0. The minimum atomic E-state index is 0.356. The molecule has 0 atom stereocenters. The van der Waals surface area contributed by atoms with Crippen LogP contribution in [0.1, 0.15) is 29.8 Å². The Hall–Kier alpha value is -3.43. The Balaban J connectivity index is 1.59. The van der Waals surface area contributed by atoms with Crippen LogP contribution >= 0.6 is 0 Å². The van der Waals surface area contributed by atoms with Crippen molar-refractivity contribution in [3.63, 3.8) is 0 Å². The summed E-state index contributed by atoms with van der Waals surface area (Å²) in [5, 5.41) is 10.7. The van der Waals surface area contributed by atoms with E-state index < -0.39 is 0 Å². The van der Waals surface area contributed by atoms with Gasteiger partial charge >= 0.3 is 0 Å². The number of nitrogen functional groups attached to an aromatic ring is 1. The van der Waals surface area contributed by atoms with E-state index in [0.717, 1.165) is 28.5 Å². The number of nitriles is 1. The van der Waals surface area contributed by atoms with E-state index in [2.05, 4.69) is 45.2 Å². The van der Waals surface area contributed by atoms with E-state index in [0.29, 0.717) is 23.7 Å². The van der Waals surface area contributed by atoms with E-state index in [1.165, 1.54) is 31.5 Å². The van der Waals surface area contributed by atoms with Gasteiger partial charge in [-0.05, 0) is 43.1 Å². The molecule has 6 heteroatoms. The largest absolute Gasteiger partial charge is 0.382 e. The molecule has 5 rings (SSSR count). The number of nitrogens with zero attached hydrogens (tertiary/aromatic N) is 5. The summed E-state index contributed by atoms with van der Waals surface area (Å²) >= 11 is 0. The molecule has 4 aromatic rings. The van der Waals surface area contributed by atoms with Gasteiger partial charge in [0.2, 0.25) is 5.82 Å². The molecule has 1 saturated heterocycles. The molecule has 0 bridgehead atoms. The molecule has 0 aliphatic carbocycles. The van der Waals surface area contributed by atoms with Crippen molar-refractivity contribution in [3.05, 3.63) is 65.5 Å². The van der Waals surface area contributed by atoms with Crippen LogP contribution in [0.4, 0.5) is 5.82 Å². The van der Waals surface area contributed by atoms with Crippen molar-refractivity contribution < 1.29 is 0 Å². The number of benzene rings is 2. The van der Waals surface area contributed by atoms with Gasteiger partial charge in [-0.1, -0.05) is 42.5 Å². The summed E-state index contributed by atoms with van der Waals surface area (Å²) in [6.07, 6.45) is 2.57. The van der Waals surface area contributed by atoms with Gasteiger partial charge < -0.3 is 10.3 Å². The first-order valence-electron chi connectivity index (χ1n) is 9.97. The van der Waals surface area contributed by atoms with Gasteiger partial charge in [0.1, 0.15) is 11.6 Å². The van der Waals surface area contributed by atoms with Gasteiger partial charge in [-0.2, -0.15) is 5.26 Å². The number of nitrogens with two attached hydrogens (primary N) is 1. The Bertz CT molecular complexity index is 1240. The number of aromatic nitrogens is 3. The number of pyridine rings is 1. The highest BCUT2D eigenvalue weighted by Gasteiger charge is 2.18. The van der Waals surface area contributed by atoms with E-state index in [4.69, 9.17) is 5.73 Å². The first kappa shape index (κ1) is 17.7. The van der Waals surface area contributed by atoms with Gasteiger partial charge in [0.15, 0.2) is 5.82 Å². The Morgan fingerprint density at radius 2 is 1.72 bits per heavy atom. The summed E-state index contributed by atoms with van der Waals surface area (Å²) < 4.78 is 1.96. The Morgan fingerprint density at radius 3 is 2.52 bits per heavy atom. The van der Waals surface area contributed by atoms with Crippen LogP contribution in [0.3, 0.4) is 0 Å². The minimum Gasteiger partial charge on any atom is -0.382 e. The second-order valence-corrected chi connectivity index (χ2v) is 7.65. The molecule has 29 heavy (non-hydrogen) atoms. The van der Waals surface area contributed by atoms with Gasteiger partial charge in [0.05, 0.1) is 17.6 Å². The van der Waals surface area contributed by atoms with Crippen molar-refractivity contribution in [2.45, 2.75) is 25.9 Å². The minimum absolute atomic E-state index is 0.356. The third-order valence-corrected chi connectivity index (χ3v) is 5.65. The molecule has 0 radical (unpaired) electrons. The van der Waals surface area contributed by atoms with Crippen molar-refractivity contribution in [1.29, 1.82) is 5.26 Å².